The van der Waals surface area contributed by atoms with E-state index in [1.54, 1.807) is 0 Å². The Morgan fingerprint density at radius 1 is 1.15 bits per heavy atom. The molecule has 3 aromatic rings. The highest BCUT2D eigenvalue weighted by atomic mass is 16.2. The molecule has 1 aliphatic rings. The lowest BCUT2D eigenvalue weighted by molar-refractivity contribution is -0.122. The second-order valence-corrected chi connectivity index (χ2v) is 7.06. The zero-order chi connectivity index (χ0) is 17.9. The summed E-state index contributed by atoms with van der Waals surface area (Å²) in [6, 6.07) is 13.8. The van der Waals surface area contributed by atoms with Gasteiger partial charge in [0.05, 0.1) is 11.6 Å². The fraction of sp³-hybridized carbons (Fsp3) is 0.333. The Balaban J connectivity index is 1.37. The van der Waals surface area contributed by atoms with Gasteiger partial charge >= 0.3 is 0 Å². The molecule has 5 nitrogen and oxygen atoms in total. The molecule has 0 spiro atoms. The van der Waals surface area contributed by atoms with Gasteiger partial charge in [-0.3, -0.25) is 9.89 Å². The number of nitrogens with two attached hydrogens (primary N) is 1. The molecule has 1 aliphatic carbocycles. The molecule has 1 aromatic heterocycles. The zero-order valence-corrected chi connectivity index (χ0v) is 14.8. The molecule has 0 bridgehead atoms. The Kier molecular flexibility index (Phi) is 4.71. The van der Waals surface area contributed by atoms with Crippen molar-refractivity contribution >= 4 is 16.8 Å². The van der Waals surface area contributed by atoms with E-state index in [1.165, 1.54) is 30.4 Å². The van der Waals surface area contributed by atoms with E-state index in [9.17, 15) is 4.79 Å². The first-order valence-corrected chi connectivity index (χ1v) is 9.26. The first kappa shape index (κ1) is 16.8. The molecule has 134 valence electrons. The quantitative estimate of drug-likeness (QED) is 0.663. The van der Waals surface area contributed by atoms with Gasteiger partial charge in [-0.15, -0.1) is 0 Å². The lowest BCUT2D eigenvalue weighted by atomic mass is 9.90. The van der Waals surface area contributed by atoms with E-state index in [4.69, 9.17) is 5.73 Å². The van der Waals surface area contributed by atoms with Crippen molar-refractivity contribution in [3.63, 3.8) is 0 Å². The van der Waals surface area contributed by atoms with Crippen molar-refractivity contribution < 1.29 is 4.79 Å². The average molecular weight is 348 g/mol. The van der Waals surface area contributed by atoms with Gasteiger partial charge in [-0.05, 0) is 48.4 Å². The molecule has 0 radical (unpaired) electrons. The summed E-state index contributed by atoms with van der Waals surface area (Å²) in [6.45, 7) is 0.517. The number of benzene rings is 2. The van der Waals surface area contributed by atoms with Gasteiger partial charge in [-0.2, -0.15) is 5.10 Å². The summed E-state index contributed by atoms with van der Waals surface area (Å²) in [7, 11) is 0. The molecule has 5 heteroatoms. The number of carbonyl (C=O) groups is 1. The molecule has 1 unspecified atom stereocenters. The van der Waals surface area contributed by atoms with Crippen molar-refractivity contribution in [2.24, 2.45) is 5.73 Å². The number of hydrogen-bond acceptors (Lipinski definition) is 3. The number of H-pyrrole nitrogens is 1. The number of para-hydroxylation sites is 1. The fourth-order valence-corrected chi connectivity index (χ4v) is 3.70. The molecular formula is C21H24N4O. The number of nitrogens with zero attached hydrogens (tertiary/aromatic N) is 1. The minimum Gasteiger partial charge on any atom is -0.351 e. The van der Waals surface area contributed by atoms with Crippen LogP contribution in [0.1, 0.15) is 35.2 Å². The Labute approximate surface area is 153 Å². The summed E-state index contributed by atoms with van der Waals surface area (Å²) in [4.78, 5) is 12.4. The van der Waals surface area contributed by atoms with Crippen molar-refractivity contribution in [2.75, 3.05) is 0 Å². The molecule has 1 amide bonds. The van der Waals surface area contributed by atoms with Crippen LogP contribution in [0.2, 0.25) is 0 Å². The number of rotatable bonds is 5. The van der Waals surface area contributed by atoms with E-state index in [-0.39, 0.29) is 5.91 Å². The molecule has 4 N–H and O–H groups in total. The minimum atomic E-state index is -0.600. The van der Waals surface area contributed by atoms with Crippen LogP contribution in [0.25, 0.3) is 10.9 Å². The molecule has 26 heavy (non-hydrogen) atoms. The van der Waals surface area contributed by atoms with Crippen LogP contribution in [0.4, 0.5) is 0 Å². The Morgan fingerprint density at radius 2 is 1.96 bits per heavy atom. The van der Waals surface area contributed by atoms with Gasteiger partial charge in [0.2, 0.25) is 5.91 Å². The van der Waals surface area contributed by atoms with Crippen LogP contribution >= 0.6 is 0 Å². The van der Waals surface area contributed by atoms with Crippen LogP contribution in [0, 0.1) is 0 Å². The summed E-state index contributed by atoms with van der Waals surface area (Å²) in [5.41, 5.74) is 11.9. The smallest absolute Gasteiger partial charge is 0.237 e. The van der Waals surface area contributed by atoms with Gasteiger partial charge in [0.15, 0.2) is 0 Å². The molecule has 1 heterocycles. The van der Waals surface area contributed by atoms with Crippen LogP contribution in [-0.4, -0.2) is 22.1 Å². The zero-order valence-electron chi connectivity index (χ0n) is 14.8. The van der Waals surface area contributed by atoms with Crippen molar-refractivity contribution in [3.8, 4) is 0 Å². The standard InChI is InChI=1S/C21H24N4O/c22-18(12-20-17-7-3-4-8-19(17)24-25-20)21(26)23-13-14-9-10-15-5-1-2-6-16(15)11-14/h3-4,7-11,18H,1-2,5-6,12-13,22H2,(H,23,26)(H,24,25). The van der Waals surface area contributed by atoms with Crippen molar-refractivity contribution in [3.05, 3.63) is 64.8 Å². The van der Waals surface area contributed by atoms with Gasteiger partial charge in [-0.25, -0.2) is 0 Å². The first-order chi connectivity index (χ1) is 12.7. The summed E-state index contributed by atoms with van der Waals surface area (Å²) in [6.07, 6.45) is 5.29. The third-order valence-corrected chi connectivity index (χ3v) is 5.18. The van der Waals surface area contributed by atoms with Gasteiger partial charge in [0.25, 0.3) is 0 Å². The largest absolute Gasteiger partial charge is 0.351 e. The van der Waals surface area contributed by atoms with Gasteiger partial charge in [0, 0.05) is 24.0 Å². The number of nitrogens with one attached hydrogen (secondary N) is 2. The van der Waals surface area contributed by atoms with Gasteiger partial charge in [-0.1, -0.05) is 36.4 Å². The number of aromatic nitrogens is 2. The second-order valence-electron chi connectivity index (χ2n) is 7.06. The summed E-state index contributed by atoms with van der Waals surface area (Å²) in [5, 5.41) is 11.2. The van der Waals surface area contributed by atoms with Gasteiger partial charge in [0.1, 0.15) is 0 Å². The number of amides is 1. The Morgan fingerprint density at radius 3 is 2.85 bits per heavy atom. The van der Waals surface area contributed by atoms with E-state index >= 15 is 0 Å². The lowest BCUT2D eigenvalue weighted by Crippen LogP contribution is -2.41. The molecule has 0 saturated carbocycles. The molecule has 1 atom stereocenters. The SMILES string of the molecule is NC(Cc1[nH]nc2ccccc12)C(=O)NCc1ccc2c(c1)CCCC2. The maximum Gasteiger partial charge on any atom is 0.237 e. The Bertz CT molecular complexity index is 931. The van der Waals surface area contributed by atoms with Crippen molar-refractivity contribution in [2.45, 2.75) is 44.7 Å². The molecule has 0 saturated heterocycles. The van der Waals surface area contributed by atoms with Gasteiger partial charge < -0.3 is 11.1 Å². The third kappa shape index (κ3) is 3.48. The normalized spacial score (nSPS) is 14.8. The Hall–Kier alpha value is -2.66. The number of hydrogen-bond donors (Lipinski definition) is 3. The number of aromatic amines is 1. The first-order valence-electron chi connectivity index (χ1n) is 9.26. The molecule has 4 rings (SSSR count). The number of carbonyl (C=O) groups excluding carboxylic acids is 1. The number of fused-ring (bicyclic) bond motifs is 2. The second kappa shape index (κ2) is 7.30. The topological polar surface area (TPSA) is 83.8 Å². The third-order valence-electron chi connectivity index (χ3n) is 5.18. The van der Waals surface area contributed by atoms with Crippen molar-refractivity contribution in [1.82, 2.24) is 15.5 Å². The maximum absolute atomic E-state index is 12.4. The highest BCUT2D eigenvalue weighted by Gasteiger charge is 2.17. The molecule has 0 aliphatic heterocycles. The molecule has 2 aromatic carbocycles. The number of aryl methyl sites for hydroxylation is 2. The summed E-state index contributed by atoms with van der Waals surface area (Å²) < 4.78 is 0. The predicted molar refractivity (Wildman–Crippen MR) is 103 cm³/mol. The van der Waals surface area contributed by atoms with Crippen LogP contribution in [0.3, 0.4) is 0 Å². The monoisotopic (exact) mass is 348 g/mol. The van der Waals surface area contributed by atoms with E-state index in [1.807, 2.05) is 24.3 Å². The highest BCUT2D eigenvalue weighted by molar-refractivity contribution is 5.84. The van der Waals surface area contributed by atoms with Crippen molar-refractivity contribution in [1.29, 1.82) is 0 Å². The molecular weight excluding hydrogens is 324 g/mol. The van der Waals surface area contributed by atoms with Crippen LogP contribution in [0.15, 0.2) is 42.5 Å². The van der Waals surface area contributed by atoms with Crippen LogP contribution in [0.5, 0.6) is 0 Å². The minimum absolute atomic E-state index is 0.138. The van der Waals surface area contributed by atoms with E-state index in [0.717, 1.165) is 28.6 Å². The van der Waals surface area contributed by atoms with Crippen LogP contribution in [-0.2, 0) is 30.6 Å². The summed E-state index contributed by atoms with van der Waals surface area (Å²) >= 11 is 0. The lowest BCUT2D eigenvalue weighted by Gasteiger charge is -2.17. The predicted octanol–water partition coefficient (Wildman–Crippen LogP) is 2.63. The van der Waals surface area contributed by atoms with E-state index in [0.29, 0.717) is 13.0 Å². The van der Waals surface area contributed by atoms with E-state index in [2.05, 4.69) is 33.7 Å². The fourth-order valence-electron chi connectivity index (χ4n) is 3.70. The maximum atomic E-state index is 12.4. The van der Waals surface area contributed by atoms with Crippen LogP contribution < -0.4 is 11.1 Å². The highest BCUT2D eigenvalue weighted by Crippen LogP contribution is 2.22. The molecule has 0 fully saturated rings. The average Bonchev–Trinajstić information content (AvgIpc) is 3.09. The summed E-state index contributed by atoms with van der Waals surface area (Å²) in [5.74, 6) is -0.138. The van der Waals surface area contributed by atoms with E-state index < -0.39 is 6.04 Å².